The molecule has 2 fully saturated rings. The molecular weight excluding hydrogens is 490 g/mol. The number of anilines is 1. The molecule has 0 spiro atoms. The minimum atomic E-state index is 0.106. The number of carbonyl (C=O) groups is 1. The fourth-order valence-corrected chi connectivity index (χ4v) is 6.55. The van der Waals surface area contributed by atoms with Crippen LogP contribution in [0.5, 0.6) is 0 Å². The van der Waals surface area contributed by atoms with Crippen LogP contribution in [0.15, 0.2) is 17.5 Å². The van der Waals surface area contributed by atoms with Crippen LogP contribution in [0.1, 0.15) is 89.5 Å². The maximum Gasteiger partial charge on any atom is 0.264 e. The van der Waals surface area contributed by atoms with E-state index in [1.54, 1.807) is 22.7 Å². The molecule has 4 atom stereocenters. The normalized spacial score (nSPS) is 25.4. The molecule has 0 saturated carbocycles. The Morgan fingerprint density at radius 2 is 1.39 bits per heavy atom. The SMILES string of the molecule is CC1CN(C(=O)c2ccc(C(C)(C)C)s2)CC(C)O1.CC1CN(c2nc(C(C)(C)C)cs2)CC(C)O1. The second-order valence-corrected chi connectivity index (χ2v) is 14.2. The van der Waals surface area contributed by atoms with Crippen molar-refractivity contribution in [1.29, 1.82) is 0 Å². The molecule has 4 heterocycles. The van der Waals surface area contributed by atoms with Crippen molar-refractivity contribution in [2.45, 2.75) is 104 Å². The molecule has 4 unspecified atom stereocenters. The zero-order chi connectivity index (χ0) is 26.8. The smallest absolute Gasteiger partial charge is 0.264 e. The zero-order valence-corrected chi connectivity index (χ0v) is 25.4. The Bertz CT molecular complexity index is 984. The van der Waals surface area contributed by atoms with E-state index < -0.39 is 0 Å². The summed E-state index contributed by atoms with van der Waals surface area (Å²) in [5.41, 5.74) is 1.43. The molecule has 2 aromatic heterocycles. The summed E-state index contributed by atoms with van der Waals surface area (Å²) >= 11 is 3.36. The number of thiophene rings is 1. The molecule has 0 bridgehead atoms. The van der Waals surface area contributed by atoms with Gasteiger partial charge in [0, 0.05) is 41.9 Å². The minimum absolute atomic E-state index is 0.106. The summed E-state index contributed by atoms with van der Waals surface area (Å²) in [6, 6.07) is 4.03. The van der Waals surface area contributed by atoms with Crippen molar-refractivity contribution in [3.63, 3.8) is 0 Å². The number of morpholine rings is 2. The molecule has 202 valence electrons. The van der Waals surface area contributed by atoms with Crippen LogP contribution in [-0.4, -0.2) is 66.4 Å². The van der Waals surface area contributed by atoms with Crippen LogP contribution in [0.3, 0.4) is 0 Å². The molecule has 1 amide bonds. The minimum Gasteiger partial charge on any atom is -0.372 e. The fourth-order valence-electron chi connectivity index (χ4n) is 4.44. The Balaban J connectivity index is 0.000000202. The average molecular weight is 536 g/mol. The highest BCUT2D eigenvalue weighted by molar-refractivity contribution is 7.14. The lowest BCUT2D eigenvalue weighted by atomic mass is 9.93. The van der Waals surface area contributed by atoms with E-state index in [4.69, 9.17) is 14.5 Å². The van der Waals surface area contributed by atoms with Crippen LogP contribution in [0.25, 0.3) is 0 Å². The molecule has 6 nitrogen and oxygen atoms in total. The predicted molar refractivity (Wildman–Crippen MR) is 152 cm³/mol. The second-order valence-electron chi connectivity index (χ2n) is 12.3. The molecule has 2 saturated heterocycles. The Kier molecular flexibility index (Phi) is 9.29. The van der Waals surface area contributed by atoms with Gasteiger partial charge in [0.1, 0.15) is 0 Å². The third kappa shape index (κ3) is 7.76. The first kappa shape index (κ1) is 29.1. The molecule has 2 aliphatic heterocycles. The van der Waals surface area contributed by atoms with Crippen molar-refractivity contribution in [3.05, 3.63) is 33.0 Å². The second kappa shape index (κ2) is 11.5. The lowest BCUT2D eigenvalue weighted by Crippen LogP contribution is -2.48. The van der Waals surface area contributed by atoms with Crippen LogP contribution < -0.4 is 4.90 Å². The number of hydrogen-bond donors (Lipinski definition) is 0. The van der Waals surface area contributed by atoms with E-state index in [-0.39, 0.29) is 28.9 Å². The highest BCUT2D eigenvalue weighted by Gasteiger charge is 2.29. The van der Waals surface area contributed by atoms with Crippen LogP contribution in [0.2, 0.25) is 0 Å². The Morgan fingerprint density at radius 3 is 1.83 bits per heavy atom. The molecule has 0 N–H and O–H groups in total. The fraction of sp³-hybridized carbons (Fsp3) is 0.714. The first-order valence-corrected chi connectivity index (χ1v) is 14.7. The quantitative estimate of drug-likeness (QED) is 0.449. The number of ether oxygens (including phenoxy) is 2. The number of amides is 1. The van der Waals surface area contributed by atoms with Crippen molar-refractivity contribution in [2.24, 2.45) is 0 Å². The number of rotatable bonds is 2. The molecule has 0 aliphatic carbocycles. The Labute approximate surface area is 226 Å². The molecule has 2 aromatic rings. The van der Waals surface area contributed by atoms with Crippen LogP contribution in [0.4, 0.5) is 5.13 Å². The maximum absolute atomic E-state index is 12.5. The summed E-state index contributed by atoms with van der Waals surface area (Å²) in [4.78, 5) is 23.6. The topological polar surface area (TPSA) is 54.9 Å². The van der Waals surface area contributed by atoms with Gasteiger partial charge in [0.15, 0.2) is 5.13 Å². The van der Waals surface area contributed by atoms with Gasteiger partial charge in [-0.05, 0) is 45.2 Å². The summed E-state index contributed by atoms with van der Waals surface area (Å²) in [5, 5.41) is 3.32. The summed E-state index contributed by atoms with van der Waals surface area (Å²) < 4.78 is 11.4. The lowest BCUT2D eigenvalue weighted by Gasteiger charge is -2.35. The summed E-state index contributed by atoms with van der Waals surface area (Å²) in [5.74, 6) is 0.141. The third-order valence-corrected chi connectivity index (χ3v) is 8.61. The number of hydrogen-bond acceptors (Lipinski definition) is 7. The first-order valence-electron chi connectivity index (χ1n) is 13.0. The van der Waals surface area contributed by atoms with Crippen molar-refractivity contribution >= 4 is 33.7 Å². The average Bonchev–Trinajstić information content (AvgIpc) is 3.42. The van der Waals surface area contributed by atoms with E-state index >= 15 is 0 Å². The van der Waals surface area contributed by atoms with Gasteiger partial charge >= 0.3 is 0 Å². The number of thiazole rings is 1. The molecule has 0 aromatic carbocycles. The van der Waals surface area contributed by atoms with Crippen LogP contribution in [0, 0.1) is 0 Å². The van der Waals surface area contributed by atoms with E-state index in [2.05, 4.69) is 71.7 Å². The van der Waals surface area contributed by atoms with Gasteiger partial charge in [-0.3, -0.25) is 4.79 Å². The summed E-state index contributed by atoms with van der Waals surface area (Å²) in [7, 11) is 0. The molecule has 36 heavy (non-hydrogen) atoms. The van der Waals surface area contributed by atoms with Gasteiger partial charge < -0.3 is 19.3 Å². The maximum atomic E-state index is 12.5. The van der Waals surface area contributed by atoms with Crippen LogP contribution in [-0.2, 0) is 20.3 Å². The third-order valence-electron chi connectivity index (χ3n) is 6.21. The van der Waals surface area contributed by atoms with Crippen molar-refractivity contribution in [3.8, 4) is 0 Å². The number of aromatic nitrogens is 1. The van der Waals surface area contributed by atoms with E-state index in [1.807, 2.05) is 24.8 Å². The standard InChI is InChI=1S/C15H23NO2S.C13H22N2OS/c1-10-8-16(9-11(2)18-10)14(17)12-6-7-13(19-12)15(3,4)5;1-9-6-15(7-10(2)16-9)12-14-11(8-17-12)13(3,4)5/h6-7,10-11H,8-9H2,1-5H3;8-10H,6-7H2,1-5H3. The van der Waals surface area contributed by atoms with Gasteiger partial charge in [-0.25, -0.2) is 4.98 Å². The molecule has 0 radical (unpaired) electrons. The van der Waals surface area contributed by atoms with Gasteiger partial charge in [0.2, 0.25) is 0 Å². The first-order chi connectivity index (χ1) is 16.6. The zero-order valence-electron chi connectivity index (χ0n) is 23.8. The largest absolute Gasteiger partial charge is 0.372 e. The van der Waals surface area contributed by atoms with E-state index in [1.165, 1.54) is 10.6 Å². The highest BCUT2D eigenvalue weighted by atomic mass is 32.1. The molecule has 2 aliphatic rings. The molecule has 4 rings (SSSR count). The van der Waals surface area contributed by atoms with Crippen molar-refractivity contribution in [2.75, 3.05) is 31.1 Å². The Morgan fingerprint density at radius 1 is 0.861 bits per heavy atom. The Hall–Kier alpha value is -1.48. The summed E-state index contributed by atoms with van der Waals surface area (Å²) in [6.45, 7) is 24.7. The van der Waals surface area contributed by atoms with E-state index in [0.29, 0.717) is 25.3 Å². The van der Waals surface area contributed by atoms with E-state index in [9.17, 15) is 4.79 Å². The highest BCUT2D eigenvalue weighted by Crippen LogP contribution is 2.31. The van der Waals surface area contributed by atoms with Crippen LogP contribution >= 0.6 is 22.7 Å². The number of carbonyl (C=O) groups excluding carboxylic acids is 1. The molecule has 8 heteroatoms. The molecular formula is C28H45N3O3S2. The van der Waals surface area contributed by atoms with Gasteiger partial charge in [-0.2, -0.15) is 0 Å². The van der Waals surface area contributed by atoms with Crippen molar-refractivity contribution < 1.29 is 14.3 Å². The monoisotopic (exact) mass is 535 g/mol. The van der Waals surface area contributed by atoms with Gasteiger partial charge in [-0.1, -0.05) is 41.5 Å². The number of nitrogens with zero attached hydrogens (tertiary/aromatic N) is 3. The van der Waals surface area contributed by atoms with Gasteiger partial charge in [0.25, 0.3) is 5.91 Å². The lowest BCUT2D eigenvalue weighted by molar-refractivity contribution is -0.0585. The van der Waals surface area contributed by atoms with Gasteiger partial charge in [-0.15, -0.1) is 22.7 Å². The predicted octanol–water partition coefficient (Wildman–Crippen LogP) is 6.35. The van der Waals surface area contributed by atoms with Gasteiger partial charge in [0.05, 0.1) is 35.0 Å². The summed E-state index contributed by atoms with van der Waals surface area (Å²) in [6.07, 6.45) is 0.825. The van der Waals surface area contributed by atoms with E-state index in [0.717, 1.165) is 23.1 Å². The van der Waals surface area contributed by atoms with Crippen molar-refractivity contribution in [1.82, 2.24) is 9.88 Å².